The fraction of sp³-hybridized carbons (Fsp3) is 0.214. The van der Waals surface area contributed by atoms with E-state index >= 15 is 0 Å². The number of Topliss-reactive ketones (excluding diaryl/α,β-unsaturated/α-hetero) is 1. The van der Waals surface area contributed by atoms with E-state index in [9.17, 15) is 4.79 Å². The summed E-state index contributed by atoms with van der Waals surface area (Å²) in [5.41, 5.74) is 6.21. The van der Waals surface area contributed by atoms with Crippen molar-refractivity contribution in [2.24, 2.45) is 11.7 Å². The molecule has 16 heavy (non-hydrogen) atoms. The highest BCUT2D eigenvalue weighted by Gasteiger charge is 2.21. The van der Waals surface area contributed by atoms with E-state index in [0.717, 1.165) is 5.56 Å². The predicted octanol–water partition coefficient (Wildman–Crippen LogP) is 2.33. The first-order chi connectivity index (χ1) is 7.58. The second-order valence-electron chi connectivity index (χ2n) is 4.34. The molecule has 0 atom stereocenters. The minimum absolute atomic E-state index is 0.114. The molecule has 0 fully saturated rings. The molecule has 0 radical (unpaired) electrons. The molecule has 0 saturated heterocycles. The van der Waals surface area contributed by atoms with Crippen LogP contribution in [0.4, 0.5) is 0 Å². The molecular formula is C14H15NO. The average Bonchev–Trinajstić information content (AvgIpc) is 2.29. The summed E-state index contributed by atoms with van der Waals surface area (Å²) in [6.07, 6.45) is 7.49. The lowest BCUT2D eigenvalue weighted by Crippen LogP contribution is -2.33. The molecule has 2 rings (SSSR count). The number of benzene rings is 1. The average molecular weight is 213 g/mol. The fourth-order valence-corrected chi connectivity index (χ4v) is 1.71. The molecule has 0 aromatic heterocycles. The molecule has 0 bridgehead atoms. The van der Waals surface area contributed by atoms with Gasteiger partial charge in [-0.15, -0.1) is 0 Å². The highest BCUT2D eigenvalue weighted by atomic mass is 16.1. The van der Waals surface area contributed by atoms with E-state index in [4.69, 9.17) is 5.73 Å². The van der Waals surface area contributed by atoms with Crippen LogP contribution in [-0.2, 0) is 0 Å². The van der Waals surface area contributed by atoms with Crippen molar-refractivity contribution in [3.8, 4) is 0 Å². The van der Waals surface area contributed by atoms with Gasteiger partial charge in [-0.1, -0.05) is 54.6 Å². The Hall–Kier alpha value is -1.67. The van der Waals surface area contributed by atoms with Gasteiger partial charge in [-0.05, 0) is 6.92 Å². The molecule has 2 nitrogen and oxygen atoms in total. The Morgan fingerprint density at radius 1 is 1.19 bits per heavy atom. The van der Waals surface area contributed by atoms with Gasteiger partial charge in [0.05, 0.1) is 5.92 Å². The topological polar surface area (TPSA) is 43.1 Å². The minimum Gasteiger partial charge on any atom is -0.319 e. The number of rotatable bonds is 2. The molecule has 0 amide bonds. The van der Waals surface area contributed by atoms with Crippen molar-refractivity contribution >= 4 is 5.78 Å². The second kappa shape index (κ2) is 4.06. The number of allylic oxidation sites excluding steroid dienone is 2. The van der Waals surface area contributed by atoms with Gasteiger partial charge in [0.25, 0.3) is 0 Å². The molecule has 0 heterocycles. The van der Waals surface area contributed by atoms with Crippen LogP contribution in [-0.4, -0.2) is 11.3 Å². The summed E-state index contributed by atoms with van der Waals surface area (Å²) in [4.78, 5) is 12.1. The van der Waals surface area contributed by atoms with Gasteiger partial charge in [0, 0.05) is 11.1 Å². The lowest BCUT2D eigenvalue weighted by atomic mass is 9.88. The molecule has 1 aliphatic carbocycles. The van der Waals surface area contributed by atoms with E-state index in [1.807, 2.05) is 61.6 Å². The number of hydrogen-bond donors (Lipinski definition) is 1. The van der Waals surface area contributed by atoms with Crippen LogP contribution in [0, 0.1) is 5.92 Å². The third-order valence-corrected chi connectivity index (χ3v) is 2.69. The Kier molecular flexibility index (Phi) is 2.75. The molecule has 1 aromatic carbocycles. The summed E-state index contributed by atoms with van der Waals surface area (Å²) in [6, 6.07) is 9.31. The SMILES string of the molecule is CC1(N)C=CC(C(=O)c2ccccc2)C=C1. The first-order valence-corrected chi connectivity index (χ1v) is 5.35. The van der Waals surface area contributed by atoms with E-state index in [1.54, 1.807) is 0 Å². The third kappa shape index (κ3) is 2.28. The van der Waals surface area contributed by atoms with Gasteiger partial charge in [-0.25, -0.2) is 0 Å². The molecule has 2 N–H and O–H groups in total. The van der Waals surface area contributed by atoms with Gasteiger partial charge < -0.3 is 5.73 Å². The summed E-state index contributed by atoms with van der Waals surface area (Å²) in [5.74, 6) is -0.0670. The summed E-state index contributed by atoms with van der Waals surface area (Å²) in [6.45, 7) is 1.91. The van der Waals surface area contributed by atoms with Crippen molar-refractivity contribution in [1.29, 1.82) is 0 Å². The molecule has 0 spiro atoms. The molecule has 1 aromatic rings. The van der Waals surface area contributed by atoms with Crippen LogP contribution >= 0.6 is 0 Å². The van der Waals surface area contributed by atoms with Gasteiger partial charge >= 0.3 is 0 Å². The van der Waals surface area contributed by atoms with E-state index in [-0.39, 0.29) is 11.7 Å². The van der Waals surface area contributed by atoms with Crippen molar-refractivity contribution in [2.75, 3.05) is 0 Å². The summed E-state index contributed by atoms with van der Waals surface area (Å²) >= 11 is 0. The molecule has 82 valence electrons. The first kappa shape index (κ1) is 10.8. The van der Waals surface area contributed by atoms with Crippen LogP contribution in [0.2, 0.25) is 0 Å². The van der Waals surface area contributed by atoms with Gasteiger partial charge in [-0.2, -0.15) is 0 Å². The first-order valence-electron chi connectivity index (χ1n) is 5.35. The second-order valence-corrected chi connectivity index (χ2v) is 4.34. The van der Waals surface area contributed by atoms with Crippen LogP contribution in [0.5, 0.6) is 0 Å². The van der Waals surface area contributed by atoms with Crippen molar-refractivity contribution in [2.45, 2.75) is 12.5 Å². The zero-order valence-corrected chi connectivity index (χ0v) is 9.26. The van der Waals surface area contributed by atoms with Crippen LogP contribution in [0.25, 0.3) is 0 Å². The maximum Gasteiger partial charge on any atom is 0.173 e. The number of ketones is 1. The van der Waals surface area contributed by atoms with Crippen LogP contribution in [0.3, 0.4) is 0 Å². The normalized spacial score (nSPS) is 28.0. The van der Waals surface area contributed by atoms with E-state index in [0.29, 0.717) is 0 Å². The summed E-state index contributed by atoms with van der Waals surface area (Å²) in [7, 11) is 0. The molecule has 0 aliphatic heterocycles. The monoisotopic (exact) mass is 213 g/mol. The van der Waals surface area contributed by atoms with Crippen LogP contribution in [0.15, 0.2) is 54.6 Å². The number of carbonyl (C=O) groups is 1. The highest BCUT2D eigenvalue weighted by Crippen LogP contribution is 2.19. The van der Waals surface area contributed by atoms with E-state index in [1.165, 1.54) is 0 Å². The summed E-state index contributed by atoms with van der Waals surface area (Å²) in [5, 5.41) is 0. The molecule has 0 unspecified atom stereocenters. The number of nitrogens with two attached hydrogens (primary N) is 1. The Morgan fingerprint density at radius 3 is 2.31 bits per heavy atom. The summed E-state index contributed by atoms with van der Waals surface area (Å²) < 4.78 is 0. The van der Waals surface area contributed by atoms with Crippen LogP contribution in [0.1, 0.15) is 17.3 Å². The zero-order valence-electron chi connectivity index (χ0n) is 9.26. The highest BCUT2D eigenvalue weighted by molar-refractivity contribution is 6.00. The van der Waals surface area contributed by atoms with E-state index < -0.39 is 5.54 Å². The van der Waals surface area contributed by atoms with Crippen molar-refractivity contribution < 1.29 is 4.79 Å². The maximum absolute atomic E-state index is 12.1. The fourth-order valence-electron chi connectivity index (χ4n) is 1.71. The Bertz CT molecular complexity index is 427. The maximum atomic E-state index is 12.1. The largest absolute Gasteiger partial charge is 0.319 e. The molecule has 0 saturated carbocycles. The number of carbonyl (C=O) groups excluding carboxylic acids is 1. The Labute approximate surface area is 95.5 Å². The molecule has 1 aliphatic rings. The number of hydrogen-bond acceptors (Lipinski definition) is 2. The Balaban J connectivity index is 2.18. The minimum atomic E-state index is -0.423. The Morgan fingerprint density at radius 2 is 1.75 bits per heavy atom. The van der Waals surface area contributed by atoms with Gasteiger partial charge in [0.15, 0.2) is 5.78 Å². The van der Waals surface area contributed by atoms with Crippen molar-refractivity contribution in [3.05, 3.63) is 60.2 Å². The zero-order chi connectivity index (χ0) is 11.6. The third-order valence-electron chi connectivity index (χ3n) is 2.69. The molecular weight excluding hydrogens is 198 g/mol. The van der Waals surface area contributed by atoms with Gasteiger partial charge in [0.1, 0.15) is 0 Å². The molecule has 2 heteroatoms. The quantitative estimate of drug-likeness (QED) is 0.605. The van der Waals surface area contributed by atoms with Crippen LogP contribution < -0.4 is 5.73 Å². The van der Waals surface area contributed by atoms with Crippen molar-refractivity contribution in [1.82, 2.24) is 0 Å². The lowest BCUT2D eigenvalue weighted by Gasteiger charge is -2.21. The lowest BCUT2D eigenvalue weighted by molar-refractivity contribution is 0.0964. The standard InChI is InChI=1S/C14H15NO/c1-14(15)9-7-12(8-10-14)13(16)11-5-3-2-4-6-11/h2-10,12H,15H2,1H3. The van der Waals surface area contributed by atoms with Gasteiger partial charge in [-0.3, -0.25) is 4.79 Å². The van der Waals surface area contributed by atoms with Crippen molar-refractivity contribution in [3.63, 3.8) is 0 Å². The predicted molar refractivity (Wildman–Crippen MR) is 65.1 cm³/mol. The van der Waals surface area contributed by atoms with E-state index in [2.05, 4.69) is 0 Å². The van der Waals surface area contributed by atoms with Gasteiger partial charge in [0.2, 0.25) is 0 Å². The smallest absolute Gasteiger partial charge is 0.173 e.